The summed E-state index contributed by atoms with van der Waals surface area (Å²) in [4.78, 5) is 12.4. The summed E-state index contributed by atoms with van der Waals surface area (Å²) in [6.45, 7) is 2.05. The minimum Gasteiger partial charge on any atom is -0.368 e. The van der Waals surface area contributed by atoms with Gasteiger partial charge in [-0.15, -0.1) is 0 Å². The molecular weight excluding hydrogens is 342 g/mol. The minimum atomic E-state index is -0.280. The minimum absolute atomic E-state index is 0.147. The number of halogens is 1. The molecule has 130 valence electrons. The van der Waals surface area contributed by atoms with Crippen molar-refractivity contribution in [3.63, 3.8) is 0 Å². The molecule has 7 nitrogen and oxygen atoms in total. The van der Waals surface area contributed by atoms with Gasteiger partial charge in [-0.3, -0.25) is 0 Å². The van der Waals surface area contributed by atoms with Crippen molar-refractivity contribution < 1.29 is 9.47 Å². The second-order valence-corrected chi connectivity index (χ2v) is 6.40. The zero-order valence-electron chi connectivity index (χ0n) is 13.5. The first-order chi connectivity index (χ1) is 12.2. The van der Waals surface area contributed by atoms with Crippen LogP contribution in [0.1, 0.15) is 18.3 Å². The van der Waals surface area contributed by atoms with Crippen LogP contribution in [-0.2, 0) is 16.0 Å². The maximum Gasteiger partial charge on any atom is 0.223 e. The molecule has 3 heterocycles. The Bertz CT molecular complexity index is 862. The Morgan fingerprint density at radius 3 is 2.68 bits per heavy atom. The van der Waals surface area contributed by atoms with Crippen LogP contribution in [-0.4, -0.2) is 32.7 Å². The van der Waals surface area contributed by atoms with E-state index in [-0.39, 0.29) is 17.4 Å². The zero-order chi connectivity index (χ0) is 17.2. The summed E-state index contributed by atoms with van der Waals surface area (Å²) in [5.41, 5.74) is 7.94. The van der Waals surface area contributed by atoms with Gasteiger partial charge in [0.25, 0.3) is 0 Å². The lowest BCUT2D eigenvalue weighted by atomic mass is 10.1. The highest BCUT2D eigenvalue weighted by Crippen LogP contribution is 2.27. The number of nitrogen functional groups attached to an aromatic ring is 1. The molecule has 3 aromatic rings. The first kappa shape index (κ1) is 16.3. The quantitative estimate of drug-likeness (QED) is 0.720. The molecule has 1 aliphatic heterocycles. The smallest absolute Gasteiger partial charge is 0.223 e. The zero-order valence-corrected chi connectivity index (χ0v) is 14.3. The van der Waals surface area contributed by atoms with Crippen molar-refractivity contribution in [3.05, 3.63) is 47.4 Å². The van der Waals surface area contributed by atoms with Crippen LogP contribution in [0.3, 0.4) is 0 Å². The Hall–Kier alpha value is -2.22. The van der Waals surface area contributed by atoms with Gasteiger partial charge >= 0.3 is 0 Å². The number of benzene rings is 1. The lowest BCUT2D eigenvalue weighted by molar-refractivity contribution is -0.206. The molecule has 0 bridgehead atoms. The normalized spacial score (nSPS) is 20.8. The van der Waals surface area contributed by atoms with Crippen LogP contribution in [0.25, 0.3) is 11.2 Å². The van der Waals surface area contributed by atoms with E-state index in [2.05, 4.69) is 15.0 Å². The molecule has 0 amide bonds. The summed E-state index contributed by atoms with van der Waals surface area (Å²) in [5.74, 6) is 0.460. The number of fused-ring (bicyclic) bond motifs is 1. The highest BCUT2D eigenvalue weighted by Gasteiger charge is 2.23. The fourth-order valence-corrected chi connectivity index (χ4v) is 3.14. The molecule has 0 unspecified atom stereocenters. The average Bonchev–Trinajstić information content (AvgIpc) is 3.04. The van der Waals surface area contributed by atoms with E-state index >= 15 is 0 Å². The van der Waals surface area contributed by atoms with Gasteiger partial charge in [0.1, 0.15) is 5.52 Å². The van der Waals surface area contributed by atoms with Crippen LogP contribution in [0.15, 0.2) is 36.7 Å². The Morgan fingerprint density at radius 2 is 1.92 bits per heavy atom. The van der Waals surface area contributed by atoms with E-state index in [9.17, 15) is 0 Å². The molecule has 0 spiro atoms. The molecule has 25 heavy (non-hydrogen) atoms. The van der Waals surface area contributed by atoms with Crippen molar-refractivity contribution in [1.82, 2.24) is 19.5 Å². The highest BCUT2D eigenvalue weighted by atomic mass is 35.5. The number of aryl methyl sites for hydroxylation is 1. The summed E-state index contributed by atoms with van der Waals surface area (Å²) >= 11 is 6.05. The van der Waals surface area contributed by atoms with Gasteiger partial charge in [-0.25, -0.2) is 4.98 Å². The number of hydrogen-bond acceptors (Lipinski definition) is 6. The van der Waals surface area contributed by atoms with Gasteiger partial charge in [-0.1, -0.05) is 41.9 Å². The Labute approximate surface area is 149 Å². The molecule has 1 fully saturated rings. The second-order valence-electron chi connectivity index (χ2n) is 6.05. The molecule has 1 aliphatic rings. The van der Waals surface area contributed by atoms with Crippen LogP contribution in [0.5, 0.6) is 0 Å². The maximum absolute atomic E-state index is 6.05. The number of nitrogens with two attached hydrogens (primary N) is 1. The van der Waals surface area contributed by atoms with Gasteiger partial charge < -0.3 is 19.8 Å². The molecule has 0 aliphatic carbocycles. The van der Waals surface area contributed by atoms with E-state index < -0.39 is 0 Å². The maximum atomic E-state index is 6.05. The molecule has 0 atom stereocenters. The monoisotopic (exact) mass is 359 g/mol. The van der Waals surface area contributed by atoms with Crippen LogP contribution in [0, 0.1) is 5.92 Å². The number of anilines is 1. The molecule has 8 heteroatoms. The van der Waals surface area contributed by atoms with E-state index in [1.807, 2.05) is 34.9 Å². The lowest BCUT2D eigenvalue weighted by Crippen LogP contribution is -2.28. The number of nitrogens with zero attached hydrogens (tertiary/aromatic N) is 4. The standard InChI is InChI=1S/C17H18ClN5O2/c18-14-13-15(22-17(19)21-14)23(10-20-13)7-6-11-8-24-16(25-9-11)12-4-2-1-3-5-12/h1-5,10-11,16H,6-9H2,(H2,19,21,22). The van der Waals surface area contributed by atoms with Gasteiger partial charge in [0.15, 0.2) is 17.1 Å². The van der Waals surface area contributed by atoms with Gasteiger partial charge in [0.2, 0.25) is 5.95 Å². The largest absolute Gasteiger partial charge is 0.368 e. The third-order valence-electron chi connectivity index (χ3n) is 4.26. The van der Waals surface area contributed by atoms with E-state index in [1.165, 1.54) is 0 Å². The number of rotatable bonds is 4. The SMILES string of the molecule is Nc1nc(Cl)c2ncn(CCC3COC(c4ccccc4)OC3)c2n1. The number of aromatic nitrogens is 4. The van der Waals surface area contributed by atoms with Crippen molar-refractivity contribution >= 4 is 28.7 Å². The van der Waals surface area contributed by atoms with Gasteiger partial charge in [0.05, 0.1) is 19.5 Å². The Morgan fingerprint density at radius 1 is 1.16 bits per heavy atom. The summed E-state index contributed by atoms with van der Waals surface area (Å²) < 4.78 is 13.6. The highest BCUT2D eigenvalue weighted by molar-refractivity contribution is 6.33. The van der Waals surface area contributed by atoms with Gasteiger partial charge in [0, 0.05) is 18.0 Å². The first-order valence-corrected chi connectivity index (χ1v) is 8.50. The molecule has 2 N–H and O–H groups in total. The second kappa shape index (κ2) is 6.95. The number of ether oxygens (including phenoxy) is 2. The van der Waals surface area contributed by atoms with Crippen LogP contribution in [0.2, 0.25) is 5.15 Å². The molecular formula is C17H18ClN5O2. The molecule has 0 radical (unpaired) electrons. The van der Waals surface area contributed by atoms with Crippen molar-refractivity contribution in [1.29, 1.82) is 0 Å². The van der Waals surface area contributed by atoms with Crippen LogP contribution >= 0.6 is 11.6 Å². The summed E-state index contributed by atoms with van der Waals surface area (Å²) in [5, 5.41) is 0.274. The predicted molar refractivity (Wildman–Crippen MR) is 93.9 cm³/mol. The summed E-state index contributed by atoms with van der Waals surface area (Å²) in [6, 6.07) is 9.97. The average molecular weight is 360 g/mol. The van der Waals surface area contributed by atoms with Crippen molar-refractivity contribution in [2.75, 3.05) is 18.9 Å². The fourth-order valence-electron chi connectivity index (χ4n) is 2.92. The fraction of sp³-hybridized carbons (Fsp3) is 0.353. The Balaban J connectivity index is 1.37. The lowest BCUT2D eigenvalue weighted by Gasteiger charge is -2.29. The molecule has 1 aromatic carbocycles. The van der Waals surface area contributed by atoms with E-state index in [1.54, 1.807) is 6.33 Å². The van der Waals surface area contributed by atoms with Crippen LogP contribution < -0.4 is 5.73 Å². The van der Waals surface area contributed by atoms with Crippen molar-refractivity contribution in [2.45, 2.75) is 19.3 Å². The third-order valence-corrected chi connectivity index (χ3v) is 4.52. The van der Waals surface area contributed by atoms with Gasteiger partial charge in [-0.05, 0) is 6.42 Å². The molecule has 2 aromatic heterocycles. The summed E-state index contributed by atoms with van der Waals surface area (Å²) in [6.07, 6.45) is 2.31. The van der Waals surface area contributed by atoms with E-state index in [4.69, 9.17) is 26.8 Å². The molecule has 0 saturated carbocycles. The summed E-state index contributed by atoms with van der Waals surface area (Å²) in [7, 11) is 0. The third kappa shape index (κ3) is 3.44. The van der Waals surface area contributed by atoms with Crippen molar-refractivity contribution in [3.8, 4) is 0 Å². The number of imidazole rings is 1. The predicted octanol–water partition coefficient (Wildman–Crippen LogP) is 2.81. The molecule has 1 saturated heterocycles. The van der Waals surface area contributed by atoms with E-state index in [0.717, 1.165) is 18.5 Å². The Kier molecular flexibility index (Phi) is 4.52. The topological polar surface area (TPSA) is 88.1 Å². The molecule has 4 rings (SSSR count). The number of hydrogen-bond donors (Lipinski definition) is 1. The van der Waals surface area contributed by atoms with Crippen LogP contribution in [0.4, 0.5) is 5.95 Å². The first-order valence-electron chi connectivity index (χ1n) is 8.12. The van der Waals surface area contributed by atoms with Crippen molar-refractivity contribution in [2.24, 2.45) is 5.92 Å². The van der Waals surface area contributed by atoms with Gasteiger partial charge in [-0.2, -0.15) is 9.97 Å². The van der Waals surface area contributed by atoms with E-state index in [0.29, 0.717) is 30.3 Å².